The van der Waals surface area contributed by atoms with Crippen molar-refractivity contribution < 1.29 is 13.2 Å². The van der Waals surface area contributed by atoms with Gasteiger partial charge in [0.1, 0.15) is 0 Å². The molecule has 1 N–H and O–H groups in total. The van der Waals surface area contributed by atoms with Gasteiger partial charge < -0.3 is 5.32 Å². The molecule has 0 saturated heterocycles. The molecule has 1 atom stereocenters. The van der Waals surface area contributed by atoms with Gasteiger partial charge in [0.25, 0.3) is 0 Å². The van der Waals surface area contributed by atoms with Gasteiger partial charge in [0.2, 0.25) is 0 Å². The van der Waals surface area contributed by atoms with Gasteiger partial charge in [-0.3, -0.25) is 4.99 Å². The van der Waals surface area contributed by atoms with Gasteiger partial charge in [0.05, 0.1) is 22.8 Å². The van der Waals surface area contributed by atoms with Gasteiger partial charge in [-0.1, -0.05) is 30.3 Å². The molecular weight excluding hydrogens is 285 g/mol. The summed E-state index contributed by atoms with van der Waals surface area (Å²) in [5.41, 5.74) is -0.502. The number of hydrogen-bond donors (Lipinski definition) is 1. The van der Waals surface area contributed by atoms with Gasteiger partial charge in [-0.25, -0.2) is 0 Å². The molecule has 0 saturated carbocycles. The Hall–Kier alpha value is -0.880. The van der Waals surface area contributed by atoms with Crippen LogP contribution in [0.4, 0.5) is 18.9 Å². The molecule has 0 radical (unpaired) electrons. The zero-order valence-corrected chi connectivity index (χ0v) is 11.0. The summed E-state index contributed by atoms with van der Waals surface area (Å²) in [5, 5.41) is 4.01. The Morgan fingerprint density at radius 3 is 2.72 bits per heavy atom. The van der Waals surface area contributed by atoms with Crippen molar-refractivity contribution in [2.24, 2.45) is 4.99 Å². The molecule has 2 rings (SSSR count). The van der Waals surface area contributed by atoms with E-state index in [-0.39, 0.29) is 10.7 Å². The van der Waals surface area contributed by atoms with Crippen LogP contribution in [-0.4, -0.2) is 17.0 Å². The number of halogens is 4. The molecule has 1 heterocycles. The number of anilines is 1. The number of alkyl halides is 3. The van der Waals surface area contributed by atoms with Crippen LogP contribution in [0, 0.1) is 0 Å². The minimum atomic E-state index is -4.38. The first kappa shape index (κ1) is 13.5. The summed E-state index contributed by atoms with van der Waals surface area (Å²) < 4.78 is 37.7. The molecule has 7 heteroatoms. The van der Waals surface area contributed by atoms with Gasteiger partial charge in [-0.15, -0.1) is 0 Å². The molecule has 0 amide bonds. The summed E-state index contributed by atoms with van der Waals surface area (Å²) >= 11 is 7.35. The van der Waals surface area contributed by atoms with Crippen LogP contribution in [-0.2, 0) is 6.18 Å². The average Bonchev–Trinajstić information content (AvgIpc) is 2.66. The van der Waals surface area contributed by atoms with Crippen LogP contribution in [0.25, 0.3) is 0 Å². The Labute approximate surface area is 112 Å². The first-order valence-corrected chi connectivity index (χ1v) is 6.47. The highest BCUT2D eigenvalue weighted by Crippen LogP contribution is 2.34. The number of aliphatic imine (C=N–C) groups is 1. The lowest BCUT2D eigenvalue weighted by Crippen LogP contribution is -2.09. The quantitative estimate of drug-likeness (QED) is 0.837. The molecule has 0 spiro atoms. The van der Waals surface area contributed by atoms with Crippen molar-refractivity contribution in [3.05, 3.63) is 28.8 Å². The van der Waals surface area contributed by atoms with Crippen molar-refractivity contribution in [3.63, 3.8) is 0 Å². The minimum Gasteiger partial charge on any atom is -0.334 e. The molecule has 1 unspecified atom stereocenters. The van der Waals surface area contributed by atoms with Crippen LogP contribution >= 0.6 is 23.4 Å². The maximum absolute atomic E-state index is 12.6. The van der Waals surface area contributed by atoms with E-state index in [9.17, 15) is 13.2 Å². The summed E-state index contributed by atoms with van der Waals surface area (Å²) in [4.78, 5) is 4.17. The Balaban J connectivity index is 2.22. The van der Waals surface area contributed by atoms with Crippen LogP contribution in [0.15, 0.2) is 23.2 Å². The second-order valence-corrected chi connectivity index (χ2v) is 5.73. The lowest BCUT2D eigenvalue weighted by Gasteiger charge is -2.12. The Morgan fingerprint density at radius 1 is 1.44 bits per heavy atom. The maximum Gasteiger partial charge on any atom is 0.416 e. The highest BCUT2D eigenvalue weighted by atomic mass is 35.5. The molecule has 2 nitrogen and oxygen atoms in total. The summed E-state index contributed by atoms with van der Waals surface area (Å²) in [6.07, 6.45) is -4.38. The van der Waals surface area contributed by atoms with Gasteiger partial charge in [-0.2, -0.15) is 13.2 Å². The highest BCUT2D eigenvalue weighted by molar-refractivity contribution is 8.15. The Bertz CT molecular complexity index is 488. The van der Waals surface area contributed by atoms with E-state index < -0.39 is 11.7 Å². The van der Waals surface area contributed by atoms with Crippen LogP contribution in [0.2, 0.25) is 5.02 Å². The number of amidine groups is 1. The van der Waals surface area contributed by atoms with E-state index in [0.29, 0.717) is 17.0 Å². The standard InChI is InChI=1S/C11H10ClF3N2S/c1-6-5-16-10(18-6)17-9-4-7(11(13,14)15)2-3-8(9)12/h2-4,6H,5H2,1H3,(H,16,17). The molecule has 1 aliphatic heterocycles. The van der Waals surface area contributed by atoms with E-state index in [2.05, 4.69) is 10.3 Å². The monoisotopic (exact) mass is 294 g/mol. The first-order valence-electron chi connectivity index (χ1n) is 5.21. The van der Waals surface area contributed by atoms with Gasteiger partial charge in [0, 0.05) is 5.25 Å². The van der Waals surface area contributed by atoms with Crippen molar-refractivity contribution >= 4 is 34.2 Å². The molecule has 0 aromatic heterocycles. The van der Waals surface area contributed by atoms with Crippen molar-refractivity contribution in [3.8, 4) is 0 Å². The van der Waals surface area contributed by atoms with Gasteiger partial charge in [-0.05, 0) is 18.2 Å². The van der Waals surface area contributed by atoms with Crippen LogP contribution in [0.1, 0.15) is 12.5 Å². The molecule has 0 fully saturated rings. The smallest absolute Gasteiger partial charge is 0.334 e. The highest BCUT2D eigenvalue weighted by Gasteiger charge is 2.31. The topological polar surface area (TPSA) is 24.4 Å². The number of thioether (sulfide) groups is 1. The summed E-state index contributed by atoms with van der Waals surface area (Å²) in [6.45, 7) is 2.65. The number of nitrogens with one attached hydrogen (secondary N) is 1. The molecule has 1 aromatic carbocycles. The average molecular weight is 295 g/mol. The Kier molecular flexibility index (Phi) is 3.77. The second-order valence-electron chi connectivity index (χ2n) is 3.89. The molecular formula is C11H10ClF3N2S. The maximum atomic E-state index is 12.6. The normalized spacial score (nSPS) is 19.8. The van der Waals surface area contributed by atoms with E-state index in [4.69, 9.17) is 11.6 Å². The minimum absolute atomic E-state index is 0.229. The molecule has 1 aliphatic rings. The third-order valence-corrected chi connectivity index (χ3v) is 3.68. The molecule has 0 bridgehead atoms. The zero-order chi connectivity index (χ0) is 13.3. The van der Waals surface area contributed by atoms with Crippen molar-refractivity contribution in [2.75, 3.05) is 11.9 Å². The van der Waals surface area contributed by atoms with Crippen LogP contribution < -0.4 is 5.32 Å². The summed E-state index contributed by atoms with van der Waals surface area (Å²) in [5.74, 6) is 0. The summed E-state index contributed by atoms with van der Waals surface area (Å²) in [6, 6.07) is 3.18. The van der Waals surface area contributed by atoms with E-state index in [0.717, 1.165) is 12.1 Å². The van der Waals surface area contributed by atoms with Crippen LogP contribution in [0.5, 0.6) is 0 Å². The van der Waals surface area contributed by atoms with E-state index in [1.54, 1.807) is 0 Å². The fourth-order valence-corrected chi connectivity index (χ4v) is 2.47. The predicted octanol–water partition coefficient (Wildman–Crippen LogP) is 4.26. The number of benzene rings is 1. The van der Waals surface area contributed by atoms with E-state index >= 15 is 0 Å². The largest absolute Gasteiger partial charge is 0.416 e. The number of rotatable bonds is 1. The van der Waals surface area contributed by atoms with Crippen molar-refractivity contribution in [2.45, 2.75) is 18.3 Å². The van der Waals surface area contributed by atoms with Crippen LogP contribution in [0.3, 0.4) is 0 Å². The summed E-state index contributed by atoms with van der Waals surface area (Å²) in [7, 11) is 0. The third kappa shape index (κ3) is 3.11. The predicted molar refractivity (Wildman–Crippen MR) is 69.4 cm³/mol. The van der Waals surface area contributed by atoms with E-state index in [1.165, 1.54) is 17.8 Å². The Morgan fingerprint density at radius 2 is 2.17 bits per heavy atom. The van der Waals surface area contributed by atoms with Crippen molar-refractivity contribution in [1.29, 1.82) is 0 Å². The molecule has 98 valence electrons. The van der Waals surface area contributed by atoms with E-state index in [1.807, 2.05) is 6.92 Å². The second kappa shape index (κ2) is 5.01. The van der Waals surface area contributed by atoms with Gasteiger partial charge >= 0.3 is 6.18 Å². The zero-order valence-electron chi connectivity index (χ0n) is 9.38. The fraction of sp³-hybridized carbons (Fsp3) is 0.364. The molecule has 0 aliphatic carbocycles. The lowest BCUT2D eigenvalue weighted by atomic mass is 10.2. The number of nitrogens with zero attached hydrogens (tertiary/aromatic N) is 1. The fourth-order valence-electron chi connectivity index (χ4n) is 1.46. The first-order chi connectivity index (χ1) is 8.36. The SMILES string of the molecule is CC1CN=C(Nc2cc(C(F)(F)F)ccc2Cl)S1. The molecule has 1 aromatic rings. The van der Waals surface area contributed by atoms with Gasteiger partial charge in [0.15, 0.2) is 5.17 Å². The lowest BCUT2D eigenvalue weighted by molar-refractivity contribution is -0.137. The molecule has 18 heavy (non-hydrogen) atoms. The third-order valence-electron chi connectivity index (χ3n) is 2.34. The number of hydrogen-bond acceptors (Lipinski definition) is 3. The van der Waals surface area contributed by atoms with Crippen molar-refractivity contribution in [1.82, 2.24) is 0 Å².